The number of rotatable bonds is 6. The minimum absolute atomic E-state index is 0. The van der Waals surface area contributed by atoms with E-state index in [0.29, 0.717) is 24.9 Å². The first-order valence-corrected chi connectivity index (χ1v) is 9.72. The van der Waals surface area contributed by atoms with Gasteiger partial charge in [0, 0.05) is 51.0 Å². The van der Waals surface area contributed by atoms with Crippen molar-refractivity contribution < 1.29 is 17.9 Å². The number of nitrogens with zero attached hydrogens (tertiary/aromatic N) is 3. The van der Waals surface area contributed by atoms with Gasteiger partial charge >= 0.3 is 6.18 Å². The molecular formula is C21H27F3IN5O. The van der Waals surface area contributed by atoms with Crippen molar-refractivity contribution in [2.24, 2.45) is 4.99 Å². The molecule has 0 aliphatic carbocycles. The van der Waals surface area contributed by atoms with Crippen LogP contribution in [0.3, 0.4) is 0 Å². The van der Waals surface area contributed by atoms with Crippen molar-refractivity contribution in [3.8, 4) is 5.88 Å². The number of aromatic nitrogens is 1. The second kappa shape index (κ2) is 11.5. The van der Waals surface area contributed by atoms with Gasteiger partial charge in [-0.25, -0.2) is 4.98 Å². The molecule has 2 aromatic rings. The Hall–Kier alpha value is -2.08. The second-order valence-electron chi connectivity index (χ2n) is 7.16. The maximum absolute atomic E-state index is 12.7. The molecular weight excluding hydrogens is 522 g/mol. The average Bonchev–Trinajstić information content (AvgIpc) is 3.17. The lowest BCUT2D eigenvalue weighted by Crippen LogP contribution is -2.44. The van der Waals surface area contributed by atoms with Gasteiger partial charge in [0.1, 0.15) is 0 Å². The molecule has 3 rings (SSSR count). The number of pyridine rings is 1. The predicted molar refractivity (Wildman–Crippen MR) is 125 cm³/mol. The largest absolute Gasteiger partial charge is 0.481 e. The minimum atomic E-state index is -4.30. The molecule has 1 aliphatic heterocycles. The Morgan fingerprint density at radius 1 is 1.26 bits per heavy atom. The lowest BCUT2D eigenvalue weighted by atomic mass is 10.1. The molecule has 1 fully saturated rings. The SMILES string of the molecule is CN=C(NCc1cccnc1OC)NC1CCN(Cc2ccc(C(F)(F)F)cc2)C1.I. The van der Waals surface area contributed by atoms with Crippen LogP contribution in [0.1, 0.15) is 23.1 Å². The number of nitrogens with one attached hydrogen (secondary N) is 2. The normalized spacial score (nSPS) is 17.2. The van der Waals surface area contributed by atoms with Crippen LogP contribution in [0.5, 0.6) is 5.88 Å². The third kappa shape index (κ3) is 7.23. The number of aliphatic imine (C=N–C) groups is 1. The van der Waals surface area contributed by atoms with E-state index in [0.717, 1.165) is 42.8 Å². The minimum Gasteiger partial charge on any atom is -0.481 e. The van der Waals surface area contributed by atoms with E-state index in [-0.39, 0.29) is 30.0 Å². The molecule has 0 bridgehead atoms. The maximum Gasteiger partial charge on any atom is 0.416 e. The number of alkyl halides is 3. The fraction of sp³-hybridized carbons (Fsp3) is 0.429. The molecule has 0 spiro atoms. The fourth-order valence-electron chi connectivity index (χ4n) is 3.46. The number of benzene rings is 1. The molecule has 1 aromatic heterocycles. The summed E-state index contributed by atoms with van der Waals surface area (Å²) in [6.07, 6.45) is -1.69. The summed E-state index contributed by atoms with van der Waals surface area (Å²) in [7, 11) is 3.30. The first kappa shape index (κ1) is 25.2. The van der Waals surface area contributed by atoms with Crippen LogP contribution in [-0.4, -0.2) is 49.1 Å². The van der Waals surface area contributed by atoms with Gasteiger partial charge in [-0.3, -0.25) is 9.89 Å². The maximum atomic E-state index is 12.7. The van der Waals surface area contributed by atoms with Crippen LogP contribution in [-0.2, 0) is 19.3 Å². The first-order chi connectivity index (χ1) is 14.4. The van der Waals surface area contributed by atoms with Crippen molar-refractivity contribution in [1.82, 2.24) is 20.5 Å². The smallest absolute Gasteiger partial charge is 0.416 e. The standard InChI is InChI=1S/C21H26F3N5O.HI/c1-25-20(27-12-16-4-3-10-26-19(16)30-2)28-18-9-11-29(14-18)13-15-5-7-17(8-6-15)21(22,23)24;/h3-8,10,18H,9,11-14H2,1-2H3,(H2,25,27,28);1H. The Morgan fingerprint density at radius 2 is 2.00 bits per heavy atom. The van der Waals surface area contributed by atoms with Gasteiger partial charge in [-0.2, -0.15) is 13.2 Å². The van der Waals surface area contributed by atoms with E-state index in [2.05, 4.69) is 25.5 Å². The lowest BCUT2D eigenvalue weighted by Gasteiger charge is -2.19. The van der Waals surface area contributed by atoms with Gasteiger partial charge in [-0.1, -0.05) is 18.2 Å². The summed E-state index contributed by atoms with van der Waals surface area (Å²) in [5.74, 6) is 1.26. The average molecular weight is 549 g/mol. The molecule has 1 aromatic carbocycles. The van der Waals surface area contributed by atoms with Crippen LogP contribution in [0, 0.1) is 0 Å². The zero-order valence-electron chi connectivity index (χ0n) is 17.4. The number of hydrogen-bond donors (Lipinski definition) is 2. The second-order valence-corrected chi connectivity index (χ2v) is 7.16. The number of guanidine groups is 1. The van der Waals surface area contributed by atoms with Crippen LogP contribution in [0.4, 0.5) is 13.2 Å². The third-order valence-corrected chi connectivity index (χ3v) is 5.01. The van der Waals surface area contributed by atoms with Crippen molar-refractivity contribution >= 4 is 29.9 Å². The van der Waals surface area contributed by atoms with Gasteiger partial charge in [0.15, 0.2) is 5.96 Å². The van der Waals surface area contributed by atoms with Crippen LogP contribution in [0.2, 0.25) is 0 Å². The fourth-order valence-corrected chi connectivity index (χ4v) is 3.46. The van der Waals surface area contributed by atoms with Gasteiger partial charge in [-0.05, 0) is 30.2 Å². The number of likely N-dealkylation sites (tertiary alicyclic amines) is 1. The number of methoxy groups -OCH3 is 1. The van der Waals surface area contributed by atoms with Gasteiger partial charge in [0.25, 0.3) is 0 Å². The van der Waals surface area contributed by atoms with Crippen LogP contribution >= 0.6 is 24.0 Å². The highest BCUT2D eigenvalue weighted by Gasteiger charge is 2.30. The zero-order chi connectivity index (χ0) is 21.6. The van der Waals surface area contributed by atoms with E-state index in [1.807, 2.05) is 12.1 Å². The van der Waals surface area contributed by atoms with Crippen LogP contribution < -0.4 is 15.4 Å². The summed E-state index contributed by atoms with van der Waals surface area (Å²) in [6.45, 7) is 2.80. The summed E-state index contributed by atoms with van der Waals surface area (Å²) in [5.41, 5.74) is 1.18. The van der Waals surface area contributed by atoms with Crippen molar-refractivity contribution in [2.75, 3.05) is 27.2 Å². The summed E-state index contributed by atoms with van der Waals surface area (Å²) < 4.78 is 43.4. The first-order valence-electron chi connectivity index (χ1n) is 9.72. The topological polar surface area (TPSA) is 61.8 Å². The molecule has 2 heterocycles. The van der Waals surface area contributed by atoms with E-state index in [1.54, 1.807) is 32.5 Å². The number of halogens is 4. The Balaban J connectivity index is 0.00000341. The summed E-state index contributed by atoms with van der Waals surface area (Å²) in [6, 6.07) is 9.37. The molecule has 2 N–H and O–H groups in total. The van der Waals surface area contributed by atoms with Crippen molar-refractivity contribution in [3.05, 3.63) is 59.3 Å². The molecule has 1 atom stereocenters. The number of hydrogen-bond acceptors (Lipinski definition) is 4. The van der Waals surface area contributed by atoms with Gasteiger partial charge in [-0.15, -0.1) is 24.0 Å². The van der Waals surface area contributed by atoms with Crippen LogP contribution in [0.15, 0.2) is 47.6 Å². The predicted octanol–water partition coefficient (Wildman–Crippen LogP) is 3.67. The molecule has 6 nitrogen and oxygen atoms in total. The van der Waals surface area contributed by atoms with E-state index in [4.69, 9.17) is 4.74 Å². The quantitative estimate of drug-likeness (QED) is 0.327. The van der Waals surface area contributed by atoms with E-state index in [1.165, 1.54) is 0 Å². The highest BCUT2D eigenvalue weighted by molar-refractivity contribution is 14.0. The summed E-state index contributed by atoms with van der Waals surface area (Å²) in [4.78, 5) is 10.7. The molecule has 1 aliphatic rings. The molecule has 1 unspecified atom stereocenters. The van der Waals surface area contributed by atoms with Crippen molar-refractivity contribution in [3.63, 3.8) is 0 Å². The van der Waals surface area contributed by atoms with Gasteiger partial charge < -0.3 is 15.4 Å². The Bertz CT molecular complexity index is 861. The number of ether oxygens (including phenoxy) is 1. The third-order valence-electron chi connectivity index (χ3n) is 5.01. The van der Waals surface area contributed by atoms with Crippen LogP contribution in [0.25, 0.3) is 0 Å². The van der Waals surface area contributed by atoms with E-state index >= 15 is 0 Å². The lowest BCUT2D eigenvalue weighted by molar-refractivity contribution is -0.137. The zero-order valence-corrected chi connectivity index (χ0v) is 19.8. The summed E-state index contributed by atoms with van der Waals surface area (Å²) in [5, 5.41) is 6.67. The highest BCUT2D eigenvalue weighted by atomic mass is 127. The monoisotopic (exact) mass is 549 g/mol. The molecule has 31 heavy (non-hydrogen) atoms. The van der Waals surface area contributed by atoms with Crippen molar-refractivity contribution in [2.45, 2.75) is 31.7 Å². The van der Waals surface area contributed by atoms with Gasteiger partial charge in [0.2, 0.25) is 5.88 Å². The molecule has 0 radical (unpaired) electrons. The Kier molecular flexibility index (Phi) is 9.35. The molecule has 1 saturated heterocycles. The molecule has 0 amide bonds. The molecule has 10 heteroatoms. The van der Waals surface area contributed by atoms with E-state index < -0.39 is 11.7 Å². The van der Waals surface area contributed by atoms with Crippen molar-refractivity contribution in [1.29, 1.82) is 0 Å². The van der Waals surface area contributed by atoms with Gasteiger partial charge in [0.05, 0.1) is 12.7 Å². The molecule has 170 valence electrons. The summed E-state index contributed by atoms with van der Waals surface area (Å²) >= 11 is 0. The highest BCUT2D eigenvalue weighted by Crippen LogP contribution is 2.29. The molecule has 0 saturated carbocycles. The Labute approximate surface area is 197 Å². The Morgan fingerprint density at radius 3 is 2.65 bits per heavy atom. The van der Waals surface area contributed by atoms with E-state index in [9.17, 15) is 13.2 Å².